The van der Waals surface area contributed by atoms with E-state index in [1.165, 1.54) is 4.90 Å². The molecule has 7 rings (SSSR count). The minimum atomic E-state index is -1.66. The number of rotatable bonds is 4. The lowest BCUT2D eigenvalue weighted by Gasteiger charge is -2.34. The molecule has 3 aromatic carbocycles. The van der Waals surface area contributed by atoms with Crippen molar-refractivity contribution in [3.05, 3.63) is 97.8 Å². The molecule has 4 aromatic rings. The molecule has 0 radical (unpaired) electrons. The molecule has 1 unspecified atom stereocenters. The molecular weight excluding hydrogens is 552 g/mol. The zero-order valence-electron chi connectivity index (χ0n) is 20.3. The average molecular weight is 573 g/mol. The predicted molar refractivity (Wildman–Crippen MR) is 142 cm³/mol. The summed E-state index contributed by atoms with van der Waals surface area (Å²) in [6.07, 6.45) is 0.707. The summed E-state index contributed by atoms with van der Waals surface area (Å²) in [5.41, 5.74) is 0.294. The second-order valence-electron chi connectivity index (χ2n) is 9.54. The Morgan fingerprint density at radius 1 is 0.974 bits per heavy atom. The monoisotopic (exact) mass is 572 g/mol. The van der Waals surface area contributed by atoms with Gasteiger partial charge in [0.15, 0.2) is 22.5 Å². The lowest BCUT2D eigenvalue weighted by molar-refractivity contribution is -0.126. The van der Waals surface area contributed by atoms with Crippen LogP contribution in [-0.2, 0) is 16.9 Å². The van der Waals surface area contributed by atoms with Gasteiger partial charge in [-0.15, -0.1) is 0 Å². The summed E-state index contributed by atoms with van der Waals surface area (Å²) < 4.78 is 17.8. The van der Waals surface area contributed by atoms with E-state index in [0.29, 0.717) is 45.6 Å². The Morgan fingerprint density at radius 3 is 2.63 bits per heavy atom. The smallest absolute Gasteiger partial charge is 0.291 e. The van der Waals surface area contributed by atoms with Crippen LogP contribution in [-0.4, -0.2) is 30.1 Å². The highest BCUT2D eigenvalue weighted by Crippen LogP contribution is 2.53. The van der Waals surface area contributed by atoms with E-state index < -0.39 is 16.9 Å². The maximum atomic E-state index is 14.5. The zero-order chi connectivity index (χ0) is 26.2. The van der Waals surface area contributed by atoms with Crippen LogP contribution in [0.5, 0.6) is 11.5 Å². The summed E-state index contributed by atoms with van der Waals surface area (Å²) >= 11 is 3.43. The van der Waals surface area contributed by atoms with E-state index in [2.05, 4.69) is 15.9 Å². The summed E-state index contributed by atoms with van der Waals surface area (Å²) in [7, 11) is 0. The highest BCUT2D eigenvalue weighted by Gasteiger charge is 2.64. The molecule has 3 aliphatic heterocycles. The van der Waals surface area contributed by atoms with Crippen molar-refractivity contribution in [1.29, 1.82) is 0 Å². The topological polar surface area (TPSA) is 89.3 Å². The van der Waals surface area contributed by atoms with Crippen molar-refractivity contribution in [2.75, 3.05) is 18.2 Å². The Bertz CT molecular complexity index is 1750. The molecule has 0 aliphatic carbocycles. The molecule has 9 heteroatoms. The largest absolute Gasteiger partial charge is 0.454 e. The van der Waals surface area contributed by atoms with E-state index in [-0.39, 0.29) is 36.2 Å². The fraction of sp³-hybridized carbons (Fsp3) is 0.207. The van der Waals surface area contributed by atoms with Gasteiger partial charge in [0.05, 0.1) is 16.6 Å². The van der Waals surface area contributed by atoms with Gasteiger partial charge in [0.2, 0.25) is 12.6 Å². The number of benzene rings is 3. The SMILES string of the molecule is CCCN1C(=O)C2(c3ccccc31)c1c(oc3ccc(Br)cc3c1=O)C(=O)N2Cc1ccc2c(c1)OCO2. The molecule has 8 nitrogen and oxygen atoms in total. The van der Waals surface area contributed by atoms with Gasteiger partial charge in [0.1, 0.15) is 5.58 Å². The molecule has 0 fully saturated rings. The number of nitrogens with zero attached hydrogens (tertiary/aromatic N) is 2. The Morgan fingerprint density at radius 2 is 1.79 bits per heavy atom. The summed E-state index contributed by atoms with van der Waals surface area (Å²) in [5, 5.41) is 0.300. The van der Waals surface area contributed by atoms with Crippen molar-refractivity contribution >= 4 is 44.4 Å². The molecule has 3 aliphatic rings. The van der Waals surface area contributed by atoms with Crippen LogP contribution in [0.3, 0.4) is 0 Å². The van der Waals surface area contributed by atoms with Crippen molar-refractivity contribution in [3.8, 4) is 11.5 Å². The number of carbonyl (C=O) groups excluding carboxylic acids is 2. The Balaban J connectivity index is 1.52. The summed E-state index contributed by atoms with van der Waals surface area (Å²) in [6, 6.07) is 17.8. The first-order chi connectivity index (χ1) is 18.4. The number of anilines is 1. The second-order valence-corrected chi connectivity index (χ2v) is 10.5. The molecule has 38 heavy (non-hydrogen) atoms. The van der Waals surface area contributed by atoms with Crippen LogP contribution in [0.25, 0.3) is 11.0 Å². The normalized spacial score (nSPS) is 19.1. The number of carbonyl (C=O) groups is 2. The quantitative estimate of drug-likeness (QED) is 0.344. The molecule has 190 valence electrons. The Hall–Kier alpha value is -4.11. The number of halogens is 1. The molecule has 2 amide bonds. The second kappa shape index (κ2) is 8.19. The molecule has 0 bridgehead atoms. The molecular formula is C29H21BrN2O6. The third kappa shape index (κ3) is 2.93. The van der Waals surface area contributed by atoms with Crippen LogP contribution < -0.4 is 19.8 Å². The van der Waals surface area contributed by atoms with E-state index in [9.17, 15) is 14.4 Å². The van der Waals surface area contributed by atoms with Gasteiger partial charge in [-0.25, -0.2) is 0 Å². The fourth-order valence-electron chi connectivity index (χ4n) is 5.85. The fourth-order valence-corrected chi connectivity index (χ4v) is 6.21. The lowest BCUT2D eigenvalue weighted by Crippen LogP contribution is -2.53. The number of ether oxygens (including phenoxy) is 2. The first-order valence-corrected chi connectivity index (χ1v) is 13.1. The molecule has 1 atom stereocenters. The van der Waals surface area contributed by atoms with Gasteiger partial charge < -0.3 is 23.7 Å². The first kappa shape index (κ1) is 23.0. The van der Waals surface area contributed by atoms with Gasteiger partial charge in [-0.05, 0) is 48.4 Å². The minimum absolute atomic E-state index is 0.0548. The highest BCUT2D eigenvalue weighted by atomic mass is 79.9. The molecule has 4 heterocycles. The van der Waals surface area contributed by atoms with Crippen LogP contribution in [0.2, 0.25) is 0 Å². The third-order valence-corrected chi connectivity index (χ3v) is 7.92. The molecule has 0 saturated heterocycles. The standard InChI is InChI=1S/C29H21BrN2O6/c1-2-11-31-20-6-4-3-5-19(20)29(28(31)35)24-25(33)18-13-17(30)8-10-21(18)38-26(24)27(34)32(29)14-16-7-9-22-23(12-16)37-15-36-22/h3-10,12-13H,2,11,14-15H2,1H3. The van der Waals surface area contributed by atoms with Crippen molar-refractivity contribution in [2.24, 2.45) is 0 Å². The van der Waals surface area contributed by atoms with Gasteiger partial charge in [0, 0.05) is 23.1 Å². The van der Waals surface area contributed by atoms with Crippen LogP contribution >= 0.6 is 15.9 Å². The predicted octanol–water partition coefficient (Wildman–Crippen LogP) is 4.94. The van der Waals surface area contributed by atoms with E-state index in [1.807, 2.05) is 37.3 Å². The number of hydrogen-bond acceptors (Lipinski definition) is 6. The number of hydrogen-bond donors (Lipinski definition) is 0. The van der Waals surface area contributed by atoms with Gasteiger partial charge in [-0.2, -0.15) is 0 Å². The highest BCUT2D eigenvalue weighted by molar-refractivity contribution is 9.10. The molecule has 0 saturated carbocycles. The van der Waals surface area contributed by atoms with Crippen LogP contribution in [0.1, 0.15) is 40.6 Å². The molecule has 1 aromatic heterocycles. The minimum Gasteiger partial charge on any atom is -0.454 e. The lowest BCUT2D eigenvalue weighted by atomic mass is 9.83. The van der Waals surface area contributed by atoms with Crippen LogP contribution in [0, 0.1) is 0 Å². The van der Waals surface area contributed by atoms with Crippen molar-refractivity contribution in [1.82, 2.24) is 4.90 Å². The maximum absolute atomic E-state index is 14.5. The van der Waals surface area contributed by atoms with E-state index in [1.54, 1.807) is 35.2 Å². The molecule has 1 spiro atoms. The third-order valence-electron chi connectivity index (χ3n) is 7.42. The summed E-state index contributed by atoms with van der Waals surface area (Å²) in [4.78, 5) is 46.0. The summed E-state index contributed by atoms with van der Waals surface area (Å²) in [5.74, 6) is 0.226. The van der Waals surface area contributed by atoms with Crippen LogP contribution in [0.15, 0.2) is 74.3 Å². The van der Waals surface area contributed by atoms with Crippen molar-refractivity contribution < 1.29 is 23.5 Å². The van der Waals surface area contributed by atoms with Gasteiger partial charge >= 0.3 is 0 Å². The van der Waals surface area contributed by atoms with E-state index >= 15 is 0 Å². The molecule has 0 N–H and O–H groups in total. The first-order valence-electron chi connectivity index (χ1n) is 12.3. The Labute approximate surface area is 225 Å². The average Bonchev–Trinajstić information content (AvgIpc) is 3.55. The number of fused-ring (bicyclic) bond motifs is 6. The van der Waals surface area contributed by atoms with Gasteiger partial charge in [-0.3, -0.25) is 14.4 Å². The van der Waals surface area contributed by atoms with E-state index in [0.717, 1.165) is 5.56 Å². The van der Waals surface area contributed by atoms with Gasteiger partial charge in [-0.1, -0.05) is 47.1 Å². The van der Waals surface area contributed by atoms with Crippen molar-refractivity contribution in [2.45, 2.75) is 25.4 Å². The van der Waals surface area contributed by atoms with Crippen molar-refractivity contribution in [3.63, 3.8) is 0 Å². The van der Waals surface area contributed by atoms with E-state index in [4.69, 9.17) is 13.9 Å². The number of amides is 2. The number of para-hydroxylation sites is 1. The maximum Gasteiger partial charge on any atom is 0.291 e. The summed E-state index contributed by atoms with van der Waals surface area (Å²) in [6.45, 7) is 2.61. The zero-order valence-corrected chi connectivity index (χ0v) is 21.9. The van der Waals surface area contributed by atoms with Gasteiger partial charge in [0.25, 0.3) is 11.8 Å². The van der Waals surface area contributed by atoms with Crippen LogP contribution in [0.4, 0.5) is 5.69 Å². The Kier molecular flexibility index (Phi) is 4.97.